The van der Waals surface area contributed by atoms with Crippen LogP contribution in [0.1, 0.15) is 43.2 Å². The molecule has 4 rings (SSSR count). The van der Waals surface area contributed by atoms with Gasteiger partial charge in [0, 0.05) is 43.9 Å². The van der Waals surface area contributed by atoms with Crippen molar-refractivity contribution in [3.05, 3.63) is 59.7 Å². The molecule has 0 aliphatic carbocycles. The molecule has 7 N–H and O–H groups in total. The van der Waals surface area contributed by atoms with Gasteiger partial charge in [-0.25, -0.2) is 8.42 Å². The summed E-state index contributed by atoms with van der Waals surface area (Å²) in [5.74, 6) is -1.42. The highest BCUT2D eigenvalue weighted by Gasteiger charge is 2.32. The molecule has 1 atom stereocenters. The van der Waals surface area contributed by atoms with E-state index in [1.165, 1.54) is 18.2 Å². The van der Waals surface area contributed by atoms with E-state index in [1.807, 2.05) is 0 Å². The Morgan fingerprint density at radius 2 is 1.81 bits per heavy atom. The molecule has 2 fully saturated rings. The predicted octanol–water partition coefficient (Wildman–Crippen LogP) is 1.32. The molecule has 232 valence electrons. The summed E-state index contributed by atoms with van der Waals surface area (Å²) in [6.07, 6.45) is 2.84. The van der Waals surface area contributed by atoms with Crippen molar-refractivity contribution < 1.29 is 33.1 Å². The van der Waals surface area contributed by atoms with E-state index in [0.717, 1.165) is 6.42 Å². The van der Waals surface area contributed by atoms with E-state index in [-0.39, 0.29) is 41.3 Å². The van der Waals surface area contributed by atoms with Gasteiger partial charge in [0.15, 0.2) is 5.84 Å². The summed E-state index contributed by atoms with van der Waals surface area (Å²) in [6, 6.07) is 11.4. The third-order valence-electron chi connectivity index (χ3n) is 7.86. The van der Waals surface area contributed by atoms with Crippen LogP contribution in [-0.4, -0.2) is 79.5 Å². The van der Waals surface area contributed by atoms with Crippen LogP contribution in [0, 0.1) is 11.8 Å². The average molecular weight is 615 g/mol. The number of anilines is 1. The Bertz CT molecular complexity index is 1450. The van der Waals surface area contributed by atoms with Gasteiger partial charge in [0.25, 0.3) is 0 Å². The van der Waals surface area contributed by atoms with Crippen LogP contribution in [0.5, 0.6) is 0 Å². The number of carbonyl (C=O) groups is 3. The van der Waals surface area contributed by atoms with Gasteiger partial charge < -0.3 is 31.6 Å². The molecule has 2 amide bonds. The van der Waals surface area contributed by atoms with Crippen molar-refractivity contribution in [2.45, 2.75) is 49.5 Å². The second-order valence-corrected chi connectivity index (χ2v) is 12.7. The molecule has 2 aromatic carbocycles. The van der Waals surface area contributed by atoms with E-state index in [9.17, 15) is 22.8 Å². The molecular formula is C29H38N6O7S. The lowest BCUT2D eigenvalue weighted by Gasteiger charge is -2.34. The van der Waals surface area contributed by atoms with Crippen LogP contribution in [-0.2, 0) is 30.8 Å². The zero-order valence-electron chi connectivity index (χ0n) is 23.7. The van der Waals surface area contributed by atoms with Crippen molar-refractivity contribution in [1.29, 1.82) is 0 Å². The first-order valence-electron chi connectivity index (χ1n) is 14.3. The van der Waals surface area contributed by atoms with Gasteiger partial charge in [-0.05, 0) is 67.9 Å². The average Bonchev–Trinajstić information content (AvgIpc) is 2.95. The molecule has 0 radical (unpaired) electrons. The highest BCUT2D eigenvalue weighted by molar-refractivity contribution is 7.89. The fraction of sp³-hybridized carbons (Fsp3) is 0.448. The number of carboxylic acids is 1. The van der Waals surface area contributed by atoms with Crippen molar-refractivity contribution in [2.75, 3.05) is 31.5 Å². The van der Waals surface area contributed by atoms with Crippen LogP contribution in [0.3, 0.4) is 0 Å². The molecule has 2 saturated heterocycles. The van der Waals surface area contributed by atoms with Gasteiger partial charge in [0.05, 0.1) is 10.8 Å². The van der Waals surface area contributed by atoms with E-state index in [4.69, 9.17) is 16.0 Å². The Hall–Kier alpha value is -4.01. The highest BCUT2D eigenvalue weighted by Crippen LogP contribution is 2.24. The third-order valence-corrected chi connectivity index (χ3v) is 9.33. The first kappa shape index (κ1) is 31.9. The summed E-state index contributed by atoms with van der Waals surface area (Å²) in [4.78, 5) is 38.6. The van der Waals surface area contributed by atoms with Gasteiger partial charge >= 0.3 is 5.97 Å². The van der Waals surface area contributed by atoms with E-state index >= 15 is 0 Å². The van der Waals surface area contributed by atoms with Crippen molar-refractivity contribution in [3.63, 3.8) is 0 Å². The number of aliphatic carboxylic acids is 1. The van der Waals surface area contributed by atoms with Crippen molar-refractivity contribution in [1.82, 2.24) is 14.9 Å². The van der Waals surface area contributed by atoms with Crippen molar-refractivity contribution in [3.8, 4) is 0 Å². The topological polar surface area (TPSA) is 204 Å². The molecule has 0 bridgehead atoms. The number of likely N-dealkylation sites (tertiary alicyclic amines) is 1. The van der Waals surface area contributed by atoms with Crippen LogP contribution in [0.25, 0.3) is 0 Å². The number of nitrogens with one attached hydrogen (secondary N) is 3. The Labute approximate surface area is 250 Å². The van der Waals surface area contributed by atoms with Crippen LogP contribution in [0.15, 0.2) is 58.6 Å². The maximum absolute atomic E-state index is 13.8. The Kier molecular flexibility index (Phi) is 10.7. The summed E-state index contributed by atoms with van der Waals surface area (Å²) in [5, 5.41) is 26.8. The molecule has 2 aromatic rings. The maximum atomic E-state index is 13.8. The van der Waals surface area contributed by atoms with Crippen LogP contribution in [0.4, 0.5) is 5.69 Å². The van der Waals surface area contributed by atoms with Crippen LogP contribution in [0.2, 0.25) is 0 Å². The Balaban J connectivity index is 1.51. The smallest absolute Gasteiger partial charge is 0.303 e. The summed E-state index contributed by atoms with van der Waals surface area (Å²) < 4.78 is 29.7. The van der Waals surface area contributed by atoms with E-state index < -0.39 is 22.0 Å². The van der Waals surface area contributed by atoms with Crippen molar-refractivity contribution >= 4 is 39.3 Å². The number of rotatable bonds is 13. The lowest BCUT2D eigenvalue weighted by molar-refractivity contribution is -0.137. The Morgan fingerprint density at radius 1 is 1.09 bits per heavy atom. The predicted molar refractivity (Wildman–Crippen MR) is 159 cm³/mol. The molecule has 0 spiro atoms. The van der Waals surface area contributed by atoms with Gasteiger partial charge in [0.2, 0.25) is 21.8 Å². The van der Waals surface area contributed by atoms with Gasteiger partial charge in [-0.1, -0.05) is 29.4 Å². The number of piperidine rings is 1. The maximum Gasteiger partial charge on any atom is 0.303 e. The lowest BCUT2D eigenvalue weighted by Crippen LogP contribution is -2.51. The molecule has 14 heteroatoms. The molecule has 13 nitrogen and oxygen atoms in total. The van der Waals surface area contributed by atoms with Gasteiger partial charge in [-0.2, -0.15) is 4.72 Å². The molecule has 0 saturated carbocycles. The second kappa shape index (κ2) is 14.4. The summed E-state index contributed by atoms with van der Waals surface area (Å²) >= 11 is 0. The minimum Gasteiger partial charge on any atom is -0.481 e. The largest absolute Gasteiger partial charge is 0.481 e. The van der Waals surface area contributed by atoms with Gasteiger partial charge in [0.1, 0.15) is 6.04 Å². The molecule has 2 aliphatic rings. The molecule has 0 aromatic heterocycles. The molecule has 0 unspecified atom stereocenters. The number of sulfonamides is 1. The SMILES string of the molecule is N/C(=N/O)c1cccc(C[C@H](NS(=O)(=O)c2cccc(NC(=O)C3CNC3)c2)C(=O)N2CCC(CCCC(=O)O)CC2)c1. The number of amides is 2. The number of benzene rings is 2. The van der Waals surface area contributed by atoms with Gasteiger partial charge in [-0.3, -0.25) is 14.4 Å². The number of hydrogen-bond donors (Lipinski definition) is 6. The van der Waals surface area contributed by atoms with E-state index in [2.05, 4.69) is 20.5 Å². The van der Waals surface area contributed by atoms with Crippen LogP contribution < -0.4 is 21.1 Å². The van der Waals surface area contributed by atoms with E-state index in [0.29, 0.717) is 68.2 Å². The molecule has 2 aliphatic heterocycles. The van der Waals surface area contributed by atoms with E-state index in [1.54, 1.807) is 35.2 Å². The first-order chi connectivity index (χ1) is 20.6. The number of carboxylic acid groups (broad SMARTS) is 1. The Morgan fingerprint density at radius 3 is 2.47 bits per heavy atom. The zero-order valence-corrected chi connectivity index (χ0v) is 24.6. The summed E-state index contributed by atoms with van der Waals surface area (Å²) in [7, 11) is -4.20. The number of carbonyl (C=O) groups excluding carboxylic acids is 2. The molecular weight excluding hydrogens is 576 g/mol. The highest BCUT2D eigenvalue weighted by atomic mass is 32.2. The second-order valence-electron chi connectivity index (χ2n) is 11.0. The fourth-order valence-electron chi connectivity index (χ4n) is 5.25. The number of nitrogens with two attached hydrogens (primary N) is 1. The zero-order chi connectivity index (χ0) is 31.0. The number of oxime groups is 1. The van der Waals surface area contributed by atoms with Crippen molar-refractivity contribution in [2.24, 2.45) is 22.7 Å². The number of nitrogens with zero attached hydrogens (tertiary/aromatic N) is 2. The lowest BCUT2D eigenvalue weighted by atomic mass is 9.91. The monoisotopic (exact) mass is 614 g/mol. The number of hydrogen-bond acceptors (Lipinski definition) is 8. The minimum atomic E-state index is -4.20. The molecule has 43 heavy (non-hydrogen) atoms. The molecule has 2 heterocycles. The first-order valence-corrected chi connectivity index (χ1v) is 15.8. The normalized spacial score (nSPS) is 17.2. The third kappa shape index (κ3) is 8.75. The van der Waals surface area contributed by atoms with Crippen LogP contribution >= 0.6 is 0 Å². The quantitative estimate of drug-likeness (QED) is 0.0832. The van der Waals surface area contributed by atoms with Gasteiger partial charge in [-0.15, -0.1) is 0 Å². The summed E-state index contributed by atoms with van der Waals surface area (Å²) in [5.41, 5.74) is 7.09. The standard InChI is InChI=1S/C29H38N6O7S/c30-27(33-40)21-6-1-5-20(14-21)15-25(29(39)35-12-10-19(11-13-35)4-2-9-26(36)37)34-43(41,42)24-8-3-7-23(16-24)32-28(38)22-17-31-18-22/h1,3,5-8,14,16,19,22,25,31,34,40H,2,4,9-13,15,17-18H2,(H2,30,33)(H,32,38)(H,36,37)/t25-/m0/s1. The summed E-state index contributed by atoms with van der Waals surface area (Å²) in [6.45, 7) is 1.98. The number of amidine groups is 1. The minimum absolute atomic E-state index is 0.00819. The fourth-order valence-corrected chi connectivity index (χ4v) is 6.48.